The third-order valence-electron chi connectivity index (χ3n) is 5.32. The molecule has 10 heteroatoms. The largest absolute Gasteiger partial charge is 0.467 e. The Bertz CT molecular complexity index is 876. The van der Waals surface area contributed by atoms with Gasteiger partial charge in [0.2, 0.25) is 11.8 Å². The van der Waals surface area contributed by atoms with E-state index in [1.165, 1.54) is 57.3 Å². The molecule has 176 valence electrons. The van der Waals surface area contributed by atoms with E-state index in [9.17, 15) is 27.6 Å². The predicted octanol–water partition coefficient (Wildman–Crippen LogP) is 2.70. The molecule has 0 aromatic heterocycles. The van der Waals surface area contributed by atoms with Crippen molar-refractivity contribution in [3.8, 4) is 0 Å². The number of likely N-dealkylation sites (tertiary alicyclic amines) is 1. The van der Waals surface area contributed by atoms with Crippen molar-refractivity contribution in [3.05, 3.63) is 35.4 Å². The zero-order valence-corrected chi connectivity index (χ0v) is 18.5. The number of methoxy groups -OCH3 is 1. The Hall–Kier alpha value is -3.04. The highest BCUT2D eigenvalue weighted by Crippen LogP contribution is 2.36. The average molecular weight is 455 g/mol. The van der Waals surface area contributed by atoms with Gasteiger partial charge in [-0.1, -0.05) is 6.07 Å². The van der Waals surface area contributed by atoms with Crippen LogP contribution in [0.3, 0.4) is 0 Å². The molecule has 2 amide bonds. The number of hydrogen-bond donors (Lipinski definition) is 1. The van der Waals surface area contributed by atoms with E-state index in [1.54, 1.807) is 4.90 Å². The highest BCUT2D eigenvalue weighted by atomic mass is 19.4. The van der Waals surface area contributed by atoms with Gasteiger partial charge in [-0.05, 0) is 43.5 Å². The second kappa shape index (κ2) is 10.5. The molecule has 0 saturated carbocycles. The monoisotopic (exact) mass is 455 g/mol. The van der Waals surface area contributed by atoms with Crippen molar-refractivity contribution >= 4 is 29.5 Å². The first-order valence-electron chi connectivity index (χ1n) is 10.2. The van der Waals surface area contributed by atoms with Crippen LogP contribution >= 0.6 is 0 Å². The Morgan fingerprint density at radius 2 is 1.84 bits per heavy atom. The SMILES string of the molecule is COC(=O)C(C)NC(=O)C1CCN(C(=O)C=Cc2ccc(N(C)C)c(C(F)(F)F)c2)CC1. The molecule has 7 nitrogen and oxygen atoms in total. The smallest absolute Gasteiger partial charge is 0.418 e. The summed E-state index contributed by atoms with van der Waals surface area (Å²) in [4.78, 5) is 39.1. The Morgan fingerprint density at radius 3 is 2.38 bits per heavy atom. The van der Waals surface area contributed by atoms with Gasteiger partial charge < -0.3 is 19.9 Å². The van der Waals surface area contributed by atoms with E-state index in [-0.39, 0.29) is 29.0 Å². The van der Waals surface area contributed by atoms with Crippen molar-refractivity contribution in [1.29, 1.82) is 0 Å². The minimum atomic E-state index is -4.51. The van der Waals surface area contributed by atoms with Crippen LogP contribution in [-0.2, 0) is 25.3 Å². The van der Waals surface area contributed by atoms with Gasteiger partial charge in [0.1, 0.15) is 6.04 Å². The average Bonchev–Trinajstić information content (AvgIpc) is 2.75. The third-order valence-corrected chi connectivity index (χ3v) is 5.32. The maximum atomic E-state index is 13.3. The molecule has 1 aromatic carbocycles. The molecule has 0 spiro atoms. The summed E-state index contributed by atoms with van der Waals surface area (Å²) in [5.41, 5.74) is -0.463. The lowest BCUT2D eigenvalue weighted by atomic mass is 9.95. The molecule has 1 atom stereocenters. The molecule has 1 fully saturated rings. The van der Waals surface area contributed by atoms with Crippen LogP contribution in [0.1, 0.15) is 30.9 Å². The molecule has 1 aliphatic heterocycles. The van der Waals surface area contributed by atoms with Gasteiger partial charge in [-0.25, -0.2) is 4.79 Å². The highest BCUT2D eigenvalue weighted by Gasteiger charge is 2.34. The predicted molar refractivity (Wildman–Crippen MR) is 114 cm³/mol. The van der Waals surface area contributed by atoms with Crippen molar-refractivity contribution < 1.29 is 32.3 Å². The Balaban J connectivity index is 1.97. The third kappa shape index (κ3) is 6.48. The molecule has 1 heterocycles. The van der Waals surface area contributed by atoms with E-state index in [1.807, 2.05) is 0 Å². The van der Waals surface area contributed by atoms with E-state index in [0.717, 1.165) is 6.07 Å². The fourth-order valence-corrected chi connectivity index (χ4v) is 3.48. The minimum Gasteiger partial charge on any atom is -0.467 e. The van der Waals surface area contributed by atoms with E-state index in [4.69, 9.17) is 0 Å². The summed E-state index contributed by atoms with van der Waals surface area (Å²) in [5, 5.41) is 2.59. The summed E-state index contributed by atoms with van der Waals surface area (Å²) < 4.78 is 44.6. The Morgan fingerprint density at radius 1 is 1.22 bits per heavy atom. The van der Waals surface area contributed by atoms with Crippen LogP contribution < -0.4 is 10.2 Å². The first-order chi connectivity index (χ1) is 14.9. The molecule has 0 aliphatic carbocycles. The van der Waals surface area contributed by atoms with E-state index in [2.05, 4.69) is 10.1 Å². The lowest BCUT2D eigenvalue weighted by molar-refractivity contribution is -0.145. The van der Waals surface area contributed by atoms with Crippen LogP contribution in [0.15, 0.2) is 24.3 Å². The van der Waals surface area contributed by atoms with Gasteiger partial charge in [-0.3, -0.25) is 9.59 Å². The molecule has 1 saturated heterocycles. The number of alkyl halides is 3. The summed E-state index contributed by atoms with van der Waals surface area (Å²) >= 11 is 0. The van der Waals surface area contributed by atoms with Crippen molar-refractivity contribution in [2.45, 2.75) is 32.0 Å². The number of benzene rings is 1. The fourth-order valence-electron chi connectivity index (χ4n) is 3.48. The summed E-state index contributed by atoms with van der Waals surface area (Å²) in [7, 11) is 4.30. The van der Waals surface area contributed by atoms with Crippen LogP contribution in [-0.4, -0.2) is 63.0 Å². The Labute approximate surface area is 185 Å². The second-order valence-corrected chi connectivity index (χ2v) is 7.86. The molecular formula is C22H28F3N3O4. The van der Waals surface area contributed by atoms with Gasteiger partial charge in [0, 0.05) is 44.9 Å². The van der Waals surface area contributed by atoms with E-state index >= 15 is 0 Å². The van der Waals surface area contributed by atoms with Crippen molar-refractivity contribution in [3.63, 3.8) is 0 Å². The topological polar surface area (TPSA) is 79.0 Å². The van der Waals surface area contributed by atoms with Gasteiger partial charge in [0.25, 0.3) is 0 Å². The first kappa shape index (κ1) is 25.2. The molecule has 0 bridgehead atoms. The van der Waals surface area contributed by atoms with Gasteiger partial charge in [0.05, 0.1) is 12.7 Å². The number of anilines is 1. The molecule has 1 unspecified atom stereocenters. The van der Waals surface area contributed by atoms with Gasteiger partial charge >= 0.3 is 12.1 Å². The number of ether oxygens (including phenoxy) is 1. The van der Waals surface area contributed by atoms with Crippen LogP contribution in [0, 0.1) is 5.92 Å². The molecule has 1 aromatic rings. The first-order valence-corrected chi connectivity index (χ1v) is 10.2. The number of nitrogens with zero attached hydrogens (tertiary/aromatic N) is 2. The zero-order chi connectivity index (χ0) is 24.1. The molecule has 0 radical (unpaired) electrons. The van der Waals surface area contributed by atoms with Crippen molar-refractivity contribution in [2.75, 3.05) is 39.2 Å². The number of nitrogens with one attached hydrogen (secondary N) is 1. The van der Waals surface area contributed by atoms with Gasteiger partial charge in [-0.15, -0.1) is 0 Å². The summed E-state index contributed by atoms with van der Waals surface area (Å²) in [6, 6.07) is 3.15. The van der Waals surface area contributed by atoms with Gasteiger partial charge in [0.15, 0.2) is 0 Å². The number of rotatable bonds is 6. The molecule has 1 aliphatic rings. The van der Waals surface area contributed by atoms with Crippen LogP contribution in [0.4, 0.5) is 18.9 Å². The lowest BCUT2D eigenvalue weighted by Crippen LogP contribution is -2.46. The van der Waals surface area contributed by atoms with Crippen molar-refractivity contribution in [2.24, 2.45) is 5.92 Å². The maximum absolute atomic E-state index is 13.3. The molecular weight excluding hydrogens is 427 g/mol. The van der Waals surface area contributed by atoms with Crippen LogP contribution in [0.5, 0.6) is 0 Å². The lowest BCUT2D eigenvalue weighted by Gasteiger charge is -2.31. The van der Waals surface area contributed by atoms with Crippen LogP contribution in [0.25, 0.3) is 6.08 Å². The summed E-state index contributed by atoms with van der Waals surface area (Å²) in [5.74, 6) is -1.48. The fraction of sp³-hybridized carbons (Fsp3) is 0.500. The second-order valence-electron chi connectivity index (χ2n) is 7.86. The van der Waals surface area contributed by atoms with Gasteiger partial charge in [-0.2, -0.15) is 13.2 Å². The number of piperidine rings is 1. The normalized spacial score (nSPS) is 16.0. The zero-order valence-electron chi connectivity index (χ0n) is 18.5. The highest BCUT2D eigenvalue weighted by molar-refractivity contribution is 5.92. The number of amides is 2. The summed E-state index contributed by atoms with van der Waals surface area (Å²) in [6.07, 6.45) is -1.07. The number of carbonyl (C=O) groups is 3. The standard InChI is InChI=1S/C22H28F3N3O4/c1-14(21(31)32-4)26-20(30)16-9-11-28(12-10-16)19(29)8-6-15-5-7-18(27(2)3)17(13-15)22(23,24)25/h5-8,13-14,16H,9-12H2,1-4H3,(H,26,30). The number of esters is 1. The van der Waals surface area contributed by atoms with E-state index in [0.29, 0.717) is 25.9 Å². The Kier molecular flexibility index (Phi) is 8.29. The molecule has 2 rings (SSSR count). The maximum Gasteiger partial charge on any atom is 0.418 e. The minimum absolute atomic E-state index is 0.0443. The molecule has 1 N–H and O–H groups in total. The number of carbonyl (C=O) groups excluding carboxylic acids is 3. The number of halogens is 3. The number of hydrogen-bond acceptors (Lipinski definition) is 5. The molecule has 32 heavy (non-hydrogen) atoms. The van der Waals surface area contributed by atoms with E-state index < -0.39 is 23.8 Å². The summed E-state index contributed by atoms with van der Waals surface area (Å²) in [6.45, 7) is 2.20. The quantitative estimate of drug-likeness (QED) is 0.527. The van der Waals surface area contributed by atoms with Crippen molar-refractivity contribution in [1.82, 2.24) is 10.2 Å². The van der Waals surface area contributed by atoms with Crippen LogP contribution in [0.2, 0.25) is 0 Å².